The van der Waals surface area contributed by atoms with Crippen molar-refractivity contribution in [3.63, 3.8) is 0 Å². The van der Waals surface area contributed by atoms with Crippen LogP contribution in [0.5, 0.6) is 0 Å². The zero-order valence-electron chi connectivity index (χ0n) is 18.3. The molecular formula is C25H29N3O2S. The molecule has 1 N–H and O–H groups in total. The fraction of sp³-hybridized carbons (Fsp3) is 0.360. The first-order valence-corrected chi connectivity index (χ1v) is 11.7. The summed E-state index contributed by atoms with van der Waals surface area (Å²) in [6.45, 7) is 7.53. The van der Waals surface area contributed by atoms with E-state index in [9.17, 15) is 4.79 Å². The molecule has 6 heteroatoms. The van der Waals surface area contributed by atoms with Crippen LogP contribution in [0.2, 0.25) is 0 Å². The van der Waals surface area contributed by atoms with Gasteiger partial charge in [0.05, 0.1) is 29.8 Å². The number of aryl methyl sites for hydroxylation is 2. The number of aromatic nitrogens is 2. The molecular weight excluding hydrogens is 406 g/mol. The van der Waals surface area contributed by atoms with Gasteiger partial charge in [0.1, 0.15) is 0 Å². The average molecular weight is 436 g/mol. The topological polar surface area (TPSA) is 56.2 Å². The number of imidazole rings is 1. The van der Waals surface area contributed by atoms with Gasteiger partial charge in [0.15, 0.2) is 5.16 Å². The summed E-state index contributed by atoms with van der Waals surface area (Å²) in [5.74, 6) is -0.0182. The largest absolute Gasteiger partial charge is 0.376 e. The highest BCUT2D eigenvalue weighted by Crippen LogP contribution is 2.31. The van der Waals surface area contributed by atoms with Crippen molar-refractivity contribution >= 4 is 23.4 Å². The van der Waals surface area contributed by atoms with Crippen molar-refractivity contribution in [1.82, 2.24) is 9.55 Å². The number of amides is 1. The van der Waals surface area contributed by atoms with Gasteiger partial charge in [-0.25, -0.2) is 4.98 Å². The molecule has 2 heterocycles. The molecule has 0 radical (unpaired) electrons. The number of nitrogens with one attached hydrogen (secondary N) is 1. The Balaban J connectivity index is 1.55. The molecule has 2 atom stereocenters. The predicted molar refractivity (Wildman–Crippen MR) is 127 cm³/mol. The van der Waals surface area contributed by atoms with Crippen LogP contribution >= 0.6 is 11.8 Å². The first-order valence-electron chi connectivity index (χ1n) is 10.8. The normalized spacial score (nSPS) is 16.9. The number of hydrogen-bond donors (Lipinski definition) is 1. The maximum Gasteiger partial charge on any atom is 0.237 e. The third kappa shape index (κ3) is 5.02. The van der Waals surface area contributed by atoms with E-state index in [0.29, 0.717) is 0 Å². The van der Waals surface area contributed by atoms with Crippen LogP contribution in [0.1, 0.15) is 30.9 Å². The summed E-state index contributed by atoms with van der Waals surface area (Å²) in [5.41, 5.74) is 5.20. The van der Waals surface area contributed by atoms with Gasteiger partial charge >= 0.3 is 0 Å². The highest BCUT2D eigenvalue weighted by Gasteiger charge is 2.24. The summed E-state index contributed by atoms with van der Waals surface area (Å²) in [5, 5.41) is 3.67. The minimum Gasteiger partial charge on any atom is -0.376 e. The van der Waals surface area contributed by atoms with E-state index in [1.165, 1.54) is 11.8 Å². The van der Waals surface area contributed by atoms with Gasteiger partial charge in [0.25, 0.3) is 0 Å². The number of carbonyl (C=O) groups excluding carboxylic acids is 1. The summed E-state index contributed by atoms with van der Waals surface area (Å²) >= 11 is 1.49. The molecule has 0 aliphatic carbocycles. The smallest absolute Gasteiger partial charge is 0.237 e. The second-order valence-electron chi connectivity index (χ2n) is 8.05. The SMILES string of the molecule is Cc1cccc(C)c1NC(=O)[C@H](C)Sc1ncc(-c2ccccc2)n1C[C@H]1CCCO1. The molecule has 0 bridgehead atoms. The lowest BCUT2D eigenvalue weighted by Crippen LogP contribution is -2.24. The van der Waals surface area contributed by atoms with Crippen LogP contribution in [-0.2, 0) is 16.1 Å². The van der Waals surface area contributed by atoms with Crippen LogP contribution in [0.15, 0.2) is 59.9 Å². The molecule has 162 valence electrons. The molecule has 31 heavy (non-hydrogen) atoms. The Kier molecular flexibility index (Phi) is 6.78. The number of anilines is 1. The highest BCUT2D eigenvalue weighted by molar-refractivity contribution is 8.00. The second kappa shape index (κ2) is 9.71. The molecule has 1 aromatic heterocycles. The maximum atomic E-state index is 13.0. The Morgan fingerprint density at radius 2 is 1.94 bits per heavy atom. The van der Waals surface area contributed by atoms with Gasteiger partial charge in [-0.15, -0.1) is 0 Å². The van der Waals surface area contributed by atoms with E-state index in [4.69, 9.17) is 4.74 Å². The third-order valence-corrected chi connectivity index (χ3v) is 6.78. The van der Waals surface area contributed by atoms with Crippen LogP contribution in [0.3, 0.4) is 0 Å². The van der Waals surface area contributed by atoms with E-state index < -0.39 is 0 Å². The van der Waals surface area contributed by atoms with Gasteiger partial charge in [-0.2, -0.15) is 0 Å². The van der Waals surface area contributed by atoms with Gasteiger partial charge in [-0.1, -0.05) is 60.3 Å². The van der Waals surface area contributed by atoms with Crippen molar-refractivity contribution in [1.29, 1.82) is 0 Å². The number of rotatable bonds is 7. The fourth-order valence-corrected chi connectivity index (χ4v) is 4.80. The molecule has 0 unspecified atom stereocenters. The number of benzene rings is 2. The lowest BCUT2D eigenvalue weighted by molar-refractivity contribution is -0.115. The monoisotopic (exact) mass is 435 g/mol. The zero-order valence-corrected chi connectivity index (χ0v) is 19.1. The van der Waals surface area contributed by atoms with Crippen molar-refractivity contribution < 1.29 is 9.53 Å². The molecule has 1 fully saturated rings. The molecule has 1 aliphatic rings. The van der Waals surface area contributed by atoms with Gasteiger partial charge in [-0.3, -0.25) is 4.79 Å². The van der Waals surface area contributed by atoms with E-state index in [-0.39, 0.29) is 17.3 Å². The lowest BCUT2D eigenvalue weighted by atomic mass is 10.1. The molecule has 1 saturated heterocycles. The Morgan fingerprint density at radius 3 is 2.61 bits per heavy atom. The lowest BCUT2D eigenvalue weighted by Gasteiger charge is -2.18. The highest BCUT2D eigenvalue weighted by atomic mass is 32.2. The summed E-state index contributed by atoms with van der Waals surface area (Å²) in [4.78, 5) is 17.6. The molecule has 0 spiro atoms. The van der Waals surface area contributed by atoms with E-state index in [1.807, 2.05) is 63.4 Å². The summed E-state index contributed by atoms with van der Waals surface area (Å²) < 4.78 is 8.10. The van der Waals surface area contributed by atoms with Crippen LogP contribution in [-0.4, -0.2) is 33.4 Å². The second-order valence-corrected chi connectivity index (χ2v) is 9.36. The first kappa shape index (κ1) is 21.7. The summed E-state index contributed by atoms with van der Waals surface area (Å²) in [6.07, 6.45) is 4.24. The van der Waals surface area contributed by atoms with Gasteiger partial charge in [0.2, 0.25) is 5.91 Å². The molecule has 2 aromatic carbocycles. The van der Waals surface area contributed by atoms with Gasteiger partial charge in [-0.05, 0) is 50.3 Å². The van der Waals surface area contributed by atoms with E-state index in [2.05, 4.69) is 27.0 Å². The Bertz CT molecular complexity index is 1020. The first-order chi connectivity index (χ1) is 15.0. The van der Waals surface area contributed by atoms with E-state index in [1.54, 1.807) is 0 Å². The van der Waals surface area contributed by atoms with Crippen LogP contribution in [0.25, 0.3) is 11.3 Å². The Hall–Kier alpha value is -2.57. The minimum atomic E-state index is -0.284. The fourth-order valence-electron chi connectivity index (χ4n) is 3.91. The number of ether oxygens (including phenoxy) is 1. The molecule has 4 rings (SSSR count). The van der Waals surface area contributed by atoms with Gasteiger partial charge < -0.3 is 14.6 Å². The van der Waals surface area contributed by atoms with E-state index in [0.717, 1.165) is 59.2 Å². The molecule has 0 saturated carbocycles. The molecule has 3 aromatic rings. The van der Waals surface area contributed by atoms with Crippen molar-refractivity contribution in [2.75, 3.05) is 11.9 Å². The minimum absolute atomic E-state index is 0.0182. The van der Waals surface area contributed by atoms with Crippen molar-refractivity contribution in [2.24, 2.45) is 0 Å². The maximum absolute atomic E-state index is 13.0. The van der Waals surface area contributed by atoms with Crippen molar-refractivity contribution in [3.05, 3.63) is 65.9 Å². The number of hydrogen-bond acceptors (Lipinski definition) is 4. The standard InChI is InChI=1S/C25H29N3O2S/c1-17-9-7-10-18(2)23(17)27-24(29)19(3)31-25-26-15-22(20-11-5-4-6-12-20)28(25)16-21-13-8-14-30-21/h4-7,9-12,15,19,21H,8,13-14,16H2,1-3H3,(H,27,29)/t19-,21+/m0/s1. The van der Waals surface area contributed by atoms with E-state index >= 15 is 0 Å². The Morgan fingerprint density at radius 1 is 1.19 bits per heavy atom. The average Bonchev–Trinajstić information content (AvgIpc) is 3.42. The Labute approximate surface area is 188 Å². The number of thioether (sulfide) groups is 1. The van der Waals surface area contributed by atoms with Crippen LogP contribution < -0.4 is 5.32 Å². The van der Waals surface area contributed by atoms with Crippen LogP contribution in [0.4, 0.5) is 5.69 Å². The molecule has 1 aliphatic heterocycles. The number of nitrogens with zero attached hydrogens (tertiary/aromatic N) is 2. The summed E-state index contributed by atoms with van der Waals surface area (Å²) in [6, 6.07) is 16.3. The number of carbonyl (C=O) groups is 1. The van der Waals surface area contributed by atoms with Crippen molar-refractivity contribution in [3.8, 4) is 11.3 Å². The molecule has 1 amide bonds. The van der Waals surface area contributed by atoms with Crippen molar-refractivity contribution in [2.45, 2.75) is 56.7 Å². The number of para-hydroxylation sites is 1. The predicted octanol–water partition coefficient (Wildman–Crippen LogP) is 5.47. The van der Waals surface area contributed by atoms with Crippen LogP contribution in [0, 0.1) is 13.8 Å². The quantitative estimate of drug-likeness (QED) is 0.500. The van der Waals surface area contributed by atoms with Gasteiger partial charge in [0, 0.05) is 12.3 Å². The third-order valence-electron chi connectivity index (χ3n) is 5.68. The zero-order chi connectivity index (χ0) is 21.8. The summed E-state index contributed by atoms with van der Waals surface area (Å²) in [7, 11) is 0. The molecule has 5 nitrogen and oxygen atoms in total.